The summed E-state index contributed by atoms with van der Waals surface area (Å²) in [5.74, 6) is 1.31. The Morgan fingerprint density at radius 3 is 2.80 bits per heavy atom. The minimum Gasteiger partial charge on any atom is -0.408 e. The third-order valence-electron chi connectivity index (χ3n) is 4.22. The highest BCUT2D eigenvalue weighted by Crippen LogP contribution is 2.39. The minimum absolute atomic E-state index is 0.516. The van der Waals surface area contributed by atoms with Crippen LogP contribution < -0.4 is 5.32 Å². The third kappa shape index (κ3) is 2.42. The Labute approximate surface area is 118 Å². The standard InChI is InChI=1S/C16H19N3O/c1-2-4-14-9-11(5-6-12(14)3-1)10-17-16-19-18-15(20-16)13-7-8-13/h5-6,9,13H,1-4,7-8,10H2,(H,17,19). The van der Waals surface area contributed by atoms with E-state index in [1.165, 1.54) is 55.2 Å². The number of benzene rings is 1. The molecule has 4 nitrogen and oxygen atoms in total. The maximum absolute atomic E-state index is 5.61. The van der Waals surface area contributed by atoms with Gasteiger partial charge in [-0.25, -0.2) is 0 Å². The van der Waals surface area contributed by atoms with Crippen molar-refractivity contribution in [2.45, 2.75) is 51.0 Å². The van der Waals surface area contributed by atoms with Crippen LogP contribution in [0.2, 0.25) is 0 Å². The topological polar surface area (TPSA) is 51.0 Å². The summed E-state index contributed by atoms with van der Waals surface area (Å²) in [6, 6.07) is 7.34. The van der Waals surface area contributed by atoms with E-state index in [-0.39, 0.29) is 0 Å². The van der Waals surface area contributed by atoms with Gasteiger partial charge in [0.25, 0.3) is 0 Å². The van der Waals surface area contributed by atoms with Gasteiger partial charge in [-0.05, 0) is 55.2 Å². The predicted octanol–water partition coefficient (Wildman–Crippen LogP) is 3.44. The smallest absolute Gasteiger partial charge is 0.315 e. The first-order chi connectivity index (χ1) is 9.88. The van der Waals surface area contributed by atoms with Crippen molar-refractivity contribution in [2.24, 2.45) is 0 Å². The molecule has 2 aliphatic carbocycles. The summed E-state index contributed by atoms with van der Waals surface area (Å²) in [5.41, 5.74) is 4.32. The Morgan fingerprint density at radius 2 is 1.95 bits per heavy atom. The Kier molecular flexibility index (Phi) is 2.94. The van der Waals surface area contributed by atoms with Gasteiger partial charge in [0.05, 0.1) is 0 Å². The van der Waals surface area contributed by atoms with Gasteiger partial charge in [-0.1, -0.05) is 23.3 Å². The Morgan fingerprint density at radius 1 is 1.10 bits per heavy atom. The quantitative estimate of drug-likeness (QED) is 0.923. The first kappa shape index (κ1) is 11.9. The summed E-state index contributed by atoms with van der Waals surface area (Å²) in [7, 11) is 0. The van der Waals surface area contributed by atoms with Gasteiger partial charge >= 0.3 is 6.01 Å². The second-order valence-electron chi connectivity index (χ2n) is 5.88. The van der Waals surface area contributed by atoms with E-state index in [9.17, 15) is 0 Å². The van der Waals surface area contributed by atoms with Crippen LogP contribution in [0, 0.1) is 0 Å². The number of nitrogens with one attached hydrogen (secondary N) is 1. The van der Waals surface area contributed by atoms with Crippen LogP contribution in [0.5, 0.6) is 0 Å². The van der Waals surface area contributed by atoms with E-state index in [1.807, 2.05) is 0 Å². The van der Waals surface area contributed by atoms with Crippen molar-refractivity contribution in [3.8, 4) is 0 Å². The molecule has 0 saturated heterocycles. The number of aryl methyl sites for hydroxylation is 2. The van der Waals surface area contributed by atoms with E-state index in [1.54, 1.807) is 0 Å². The van der Waals surface area contributed by atoms with Crippen LogP contribution in [-0.2, 0) is 19.4 Å². The SMILES string of the molecule is c1cc2c(cc1CNc1nnc(C3CC3)o1)CCCC2. The number of nitrogens with zero attached hydrogens (tertiary/aromatic N) is 2. The molecule has 104 valence electrons. The average Bonchev–Trinajstić information content (AvgIpc) is 3.24. The predicted molar refractivity (Wildman–Crippen MR) is 76.7 cm³/mol. The minimum atomic E-state index is 0.516. The molecule has 4 rings (SSSR count). The van der Waals surface area contributed by atoms with Crippen molar-refractivity contribution in [3.63, 3.8) is 0 Å². The summed E-state index contributed by atoms with van der Waals surface area (Å²) in [6.45, 7) is 0.750. The highest BCUT2D eigenvalue weighted by molar-refractivity contribution is 5.35. The fourth-order valence-corrected chi connectivity index (χ4v) is 2.88. The van der Waals surface area contributed by atoms with Crippen LogP contribution >= 0.6 is 0 Å². The number of anilines is 1. The molecular formula is C16H19N3O. The van der Waals surface area contributed by atoms with Crippen molar-refractivity contribution in [2.75, 3.05) is 5.32 Å². The molecule has 1 fully saturated rings. The van der Waals surface area contributed by atoms with Crippen molar-refractivity contribution >= 4 is 6.01 Å². The molecule has 0 unspecified atom stereocenters. The van der Waals surface area contributed by atoms with Crippen LogP contribution in [0.15, 0.2) is 22.6 Å². The lowest BCUT2D eigenvalue weighted by atomic mass is 9.90. The zero-order valence-corrected chi connectivity index (χ0v) is 11.6. The molecule has 0 radical (unpaired) electrons. The lowest BCUT2D eigenvalue weighted by molar-refractivity contribution is 0.507. The van der Waals surface area contributed by atoms with E-state index in [2.05, 4.69) is 33.7 Å². The van der Waals surface area contributed by atoms with E-state index in [4.69, 9.17) is 4.42 Å². The van der Waals surface area contributed by atoms with Crippen LogP contribution in [0.3, 0.4) is 0 Å². The lowest BCUT2D eigenvalue weighted by Gasteiger charge is -2.16. The molecule has 0 aliphatic heterocycles. The molecule has 0 bridgehead atoms. The second kappa shape index (κ2) is 4.93. The number of hydrogen-bond donors (Lipinski definition) is 1. The van der Waals surface area contributed by atoms with Crippen LogP contribution in [0.4, 0.5) is 6.01 Å². The molecule has 2 aromatic rings. The molecule has 1 saturated carbocycles. The molecule has 20 heavy (non-hydrogen) atoms. The second-order valence-corrected chi connectivity index (χ2v) is 5.88. The highest BCUT2D eigenvalue weighted by atomic mass is 16.4. The van der Waals surface area contributed by atoms with Crippen LogP contribution in [0.25, 0.3) is 0 Å². The van der Waals surface area contributed by atoms with E-state index >= 15 is 0 Å². The largest absolute Gasteiger partial charge is 0.408 e. The fourth-order valence-electron chi connectivity index (χ4n) is 2.88. The number of hydrogen-bond acceptors (Lipinski definition) is 4. The zero-order chi connectivity index (χ0) is 13.4. The molecule has 0 spiro atoms. The van der Waals surface area contributed by atoms with Crippen LogP contribution in [0.1, 0.15) is 54.2 Å². The molecule has 1 aromatic heterocycles. The Bertz CT molecular complexity index is 616. The molecular weight excluding hydrogens is 250 g/mol. The van der Waals surface area contributed by atoms with Gasteiger partial charge in [0.1, 0.15) is 0 Å². The van der Waals surface area contributed by atoms with Gasteiger partial charge in [-0.2, -0.15) is 0 Å². The van der Waals surface area contributed by atoms with Crippen molar-refractivity contribution in [1.29, 1.82) is 0 Å². The van der Waals surface area contributed by atoms with Crippen molar-refractivity contribution in [3.05, 3.63) is 40.8 Å². The van der Waals surface area contributed by atoms with Gasteiger partial charge in [0, 0.05) is 12.5 Å². The third-order valence-corrected chi connectivity index (χ3v) is 4.22. The van der Waals surface area contributed by atoms with Crippen LogP contribution in [-0.4, -0.2) is 10.2 Å². The van der Waals surface area contributed by atoms with E-state index in [0.29, 0.717) is 11.9 Å². The summed E-state index contributed by atoms with van der Waals surface area (Å²) in [5, 5.41) is 11.4. The number of fused-ring (bicyclic) bond motifs is 1. The maximum Gasteiger partial charge on any atom is 0.315 e. The molecule has 1 N–H and O–H groups in total. The molecule has 0 atom stereocenters. The van der Waals surface area contributed by atoms with Crippen molar-refractivity contribution in [1.82, 2.24) is 10.2 Å². The van der Waals surface area contributed by atoms with Crippen molar-refractivity contribution < 1.29 is 4.42 Å². The molecule has 2 aliphatic rings. The highest BCUT2D eigenvalue weighted by Gasteiger charge is 2.29. The Hall–Kier alpha value is -1.84. The number of rotatable bonds is 4. The average molecular weight is 269 g/mol. The summed E-state index contributed by atoms with van der Waals surface area (Å²) < 4.78 is 5.61. The summed E-state index contributed by atoms with van der Waals surface area (Å²) in [6.07, 6.45) is 7.47. The van der Waals surface area contributed by atoms with Gasteiger partial charge in [-0.3, -0.25) is 0 Å². The molecule has 1 heterocycles. The van der Waals surface area contributed by atoms with Gasteiger partial charge in [-0.15, -0.1) is 5.10 Å². The normalized spacial score (nSPS) is 17.8. The van der Waals surface area contributed by atoms with Gasteiger partial charge < -0.3 is 9.73 Å². The first-order valence-corrected chi connectivity index (χ1v) is 7.56. The lowest BCUT2D eigenvalue weighted by Crippen LogP contribution is -2.05. The molecule has 4 heteroatoms. The van der Waals surface area contributed by atoms with E-state index in [0.717, 1.165) is 12.4 Å². The Balaban J connectivity index is 1.43. The zero-order valence-electron chi connectivity index (χ0n) is 11.6. The summed E-state index contributed by atoms with van der Waals surface area (Å²) >= 11 is 0. The fraction of sp³-hybridized carbons (Fsp3) is 0.500. The first-order valence-electron chi connectivity index (χ1n) is 7.56. The molecule has 0 amide bonds. The summed E-state index contributed by atoms with van der Waals surface area (Å²) in [4.78, 5) is 0. The number of aromatic nitrogens is 2. The molecule has 1 aromatic carbocycles. The van der Waals surface area contributed by atoms with E-state index < -0.39 is 0 Å². The van der Waals surface area contributed by atoms with Gasteiger partial charge in [0.15, 0.2) is 0 Å². The monoisotopic (exact) mass is 269 g/mol. The maximum atomic E-state index is 5.61. The van der Waals surface area contributed by atoms with Gasteiger partial charge in [0.2, 0.25) is 5.89 Å².